The lowest BCUT2D eigenvalue weighted by Gasteiger charge is -2.09. The summed E-state index contributed by atoms with van der Waals surface area (Å²) >= 11 is 3.36. The first-order chi connectivity index (χ1) is 7.80. The Morgan fingerprint density at radius 2 is 2.12 bits per heavy atom. The van der Waals surface area contributed by atoms with Crippen molar-refractivity contribution < 1.29 is 13.5 Å². The van der Waals surface area contributed by atoms with Gasteiger partial charge in [-0.2, -0.15) is 0 Å². The number of aryl methyl sites for hydroxylation is 1. The lowest BCUT2D eigenvalue weighted by Crippen LogP contribution is -2.31. The van der Waals surface area contributed by atoms with Crippen LogP contribution in [0.2, 0.25) is 0 Å². The summed E-state index contributed by atoms with van der Waals surface area (Å²) in [7, 11) is -3.38. The Bertz CT molecular complexity index is 485. The topological polar surface area (TPSA) is 66.4 Å². The number of rotatable bonds is 5. The normalized spacial score (nSPS) is 13.6. The van der Waals surface area contributed by atoms with Gasteiger partial charge in [-0.05, 0) is 31.0 Å². The van der Waals surface area contributed by atoms with E-state index in [1.807, 2.05) is 19.1 Å². The fourth-order valence-electron chi connectivity index (χ4n) is 1.31. The van der Waals surface area contributed by atoms with Gasteiger partial charge in [-0.25, -0.2) is 13.1 Å². The highest BCUT2D eigenvalue weighted by atomic mass is 79.9. The number of hydrogen-bond donors (Lipinski definition) is 2. The van der Waals surface area contributed by atoms with Gasteiger partial charge in [0.1, 0.15) is 0 Å². The van der Waals surface area contributed by atoms with Crippen LogP contribution < -0.4 is 4.72 Å². The van der Waals surface area contributed by atoms with E-state index in [0.29, 0.717) is 0 Å². The molecule has 0 radical (unpaired) electrons. The van der Waals surface area contributed by atoms with E-state index >= 15 is 0 Å². The number of halogens is 1. The third-order valence-electron chi connectivity index (χ3n) is 2.18. The average molecular weight is 322 g/mol. The summed E-state index contributed by atoms with van der Waals surface area (Å²) in [6.45, 7) is 3.48. The van der Waals surface area contributed by atoms with Gasteiger partial charge < -0.3 is 5.11 Å². The van der Waals surface area contributed by atoms with Crippen LogP contribution in [0.15, 0.2) is 22.7 Å². The Morgan fingerprint density at radius 1 is 1.47 bits per heavy atom. The van der Waals surface area contributed by atoms with Crippen molar-refractivity contribution in [2.45, 2.75) is 25.7 Å². The Hall–Kier alpha value is -0.430. The van der Waals surface area contributed by atoms with Crippen LogP contribution in [-0.4, -0.2) is 26.2 Å². The van der Waals surface area contributed by atoms with Gasteiger partial charge in [0.25, 0.3) is 0 Å². The van der Waals surface area contributed by atoms with Crippen LogP contribution in [0.25, 0.3) is 0 Å². The van der Waals surface area contributed by atoms with Crippen molar-refractivity contribution in [3.63, 3.8) is 0 Å². The molecular formula is C11H16BrNO3S. The number of aliphatic hydroxyl groups is 1. The van der Waals surface area contributed by atoms with E-state index in [-0.39, 0.29) is 12.3 Å². The van der Waals surface area contributed by atoms with E-state index in [0.717, 1.165) is 15.6 Å². The predicted octanol–water partition coefficient (Wildman–Crippen LogP) is 1.56. The molecule has 0 aliphatic heterocycles. The smallest absolute Gasteiger partial charge is 0.215 e. The first kappa shape index (κ1) is 14.6. The van der Waals surface area contributed by atoms with Crippen LogP contribution in [0, 0.1) is 6.92 Å². The second kappa shape index (κ2) is 5.95. The highest BCUT2D eigenvalue weighted by molar-refractivity contribution is 9.10. The molecule has 0 saturated heterocycles. The number of aliphatic hydroxyl groups excluding tert-OH is 1. The van der Waals surface area contributed by atoms with E-state index in [1.54, 1.807) is 6.07 Å². The van der Waals surface area contributed by atoms with Crippen LogP contribution in [-0.2, 0) is 15.8 Å². The zero-order valence-corrected chi connectivity index (χ0v) is 12.2. The highest BCUT2D eigenvalue weighted by Crippen LogP contribution is 2.18. The fourth-order valence-corrected chi connectivity index (χ4v) is 2.78. The largest absolute Gasteiger partial charge is 0.392 e. The van der Waals surface area contributed by atoms with Crippen LogP contribution in [0.4, 0.5) is 0 Å². The Kier molecular flexibility index (Phi) is 5.12. The molecule has 96 valence electrons. The van der Waals surface area contributed by atoms with E-state index < -0.39 is 16.1 Å². The molecule has 2 N–H and O–H groups in total. The van der Waals surface area contributed by atoms with Gasteiger partial charge >= 0.3 is 0 Å². The van der Waals surface area contributed by atoms with E-state index in [9.17, 15) is 8.42 Å². The molecule has 1 aromatic rings. The van der Waals surface area contributed by atoms with E-state index in [4.69, 9.17) is 5.11 Å². The number of sulfonamides is 1. The summed E-state index contributed by atoms with van der Waals surface area (Å²) in [5.74, 6) is -0.0756. The molecule has 1 aromatic carbocycles. The molecule has 0 spiro atoms. The molecule has 0 bridgehead atoms. The Morgan fingerprint density at radius 3 is 2.65 bits per heavy atom. The second-order valence-corrected chi connectivity index (χ2v) is 6.70. The van der Waals surface area contributed by atoms with Crippen molar-refractivity contribution in [1.82, 2.24) is 4.72 Å². The van der Waals surface area contributed by atoms with Crippen LogP contribution in [0.5, 0.6) is 0 Å². The van der Waals surface area contributed by atoms with Crippen molar-refractivity contribution in [2.24, 2.45) is 0 Å². The van der Waals surface area contributed by atoms with Crippen LogP contribution >= 0.6 is 15.9 Å². The molecule has 0 fully saturated rings. The lowest BCUT2D eigenvalue weighted by molar-refractivity contribution is 0.198. The lowest BCUT2D eigenvalue weighted by atomic mass is 10.2. The monoisotopic (exact) mass is 321 g/mol. The molecule has 0 aromatic heterocycles. The fraction of sp³-hybridized carbons (Fsp3) is 0.455. The minimum atomic E-state index is -3.38. The summed E-state index contributed by atoms with van der Waals surface area (Å²) in [6, 6.07) is 5.42. The van der Waals surface area contributed by atoms with E-state index in [2.05, 4.69) is 20.7 Å². The molecule has 0 amide bonds. The van der Waals surface area contributed by atoms with Gasteiger partial charge in [-0.1, -0.05) is 28.1 Å². The molecule has 0 aliphatic rings. The first-order valence-corrected chi connectivity index (χ1v) is 7.65. The van der Waals surface area contributed by atoms with Crippen molar-refractivity contribution >= 4 is 26.0 Å². The molecular weight excluding hydrogens is 306 g/mol. The Balaban J connectivity index is 2.73. The molecule has 6 heteroatoms. The molecule has 4 nitrogen and oxygen atoms in total. The third-order valence-corrected chi connectivity index (χ3v) is 4.39. The van der Waals surface area contributed by atoms with Gasteiger partial charge in [0.2, 0.25) is 10.0 Å². The molecule has 0 saturated carbocycles. The number of nitrogens with one attached hydrogen (secondary N) is 1. The number of hydrogen-bond acceptors (Lipinski definition) is 3. The SMILES string of the molecule is Cc1cc(CS(=O)(=O)NCC(C)O)ccc1Br. The summed E-state index contributed by atoms with van der Waals surface area (Å²) in [5, 5.41) is 9.03. The summed E-state index contributed by atoms with van der Waals surface area (Å²) in [5.41, 5.74) is 1.72. The minimum Gasteiger partial charge on any atom is -0.392 e. The van der Waals surface area contributed by atoms with Gasteiger partial charge in [0.15, 0.2) is 0 Å². The Labute approximate surface area is 110 Å². The quantitative estimate of drug-likeness (QED) is 0.864. The summed E-state index contributed by atoms with van der Waals surface area (Å²) < 4.78 is 26.6. The van der Waals surface area contributed by atoms with Crippen LogP contribution in [0.1, 0.15) is 18.1 Å². The molecule has 0 heterocycles. The van der Waals surface area contributed by atoms with E-state index in [1.165, 1.54) is 6.92 Å². The van der Waals surface area contributed by atoms with Crippen molar-refractivity contribution in [2.75, 3.05) is 6.54 Å². The number of benzene rings is 1. The van der Waals surface area contributed by atoms with Crippen molar-refractivity contribution in [3.05, 3.63) is 33.8 Å². The highest BCUT2D eigenvalue weighted by Gasteiger charge is 2.12. The summed E-state index contributed by atoms with van der Waals surface area (Å²) in [4.78, 5) is 0. The third kappa shape index (κ3) is 5.16. The van der Waals surface area contributed by atoms with Gasteiger partial charge in [-0.15, -0.1) is 0 Å². The standard InChI is InChI=1S/C11H16BrNO3S/c1-8-5-10(3-4-11(8)12)7-17(15,16)13-6-9(2)14/h3-5,9,13-14H,6-7H2,1-2H3. The predicted molar refractivity (Wildman–Crippen MR) is 71.2 cm³/mol. The maximum Gasteiger partial charge on any atom is 0.215 e. The van der Waals surface area contributed by atoms with Crippen molar-refractivity contribution in [1.29, 1.82) is 0 Å². The van der Waals surface area contributed by atoms with Crippen LogP contribution in [0.3, 0.4) is 0 Å². The maximum atomic E-state index is 11.7. The molecule has 1 unspecified atom stereocenters. The molecule has 0 aliphatic carbocycles. The zero-order chi connectivity index (χ0) is 13.1. The van der Waals surface area contributed by atoms with Gasteiger partial charge in [0.05, 0.1) is 11.9 Å². The molecule has 17 heavy (non-hydrogen) atoms. The van der Waals surface area contributed by atoms with Crippen molar-refractivity contribution in [3.8, 4) is 0 Å². The average Bonchev–Trinajstić information content (AvgIpc) is 2.21. The second-order valence-electron chi connectivity index (χ2n) is 4.04. The molecule has 1 rings (SSSR count). The zero-order valence-electron chi connectivity index (χ0n) is 9.77. The van der Waals surface area contributed by atoms with Gasteiger partial charge in [0, 0.05) is 11.0 Å². The molecule has 1 atom stereocenters. The van der Waals surface area contributed by atoms with Gasteiger partial charge in [-0.3, -0.25) is 0 Å². The minimum absolute atomic E-state index is 0.0395. The maximum absolute atomic E-state index is 11.7. The first-order valence-electron chi connectivity index (χ1n) is 5.20. The summed E-state index contributed by atoms with van der Waals surface area (Å²) in [6.07, 6.45) is -0.684.